The molecule has 2 N–H and O–H groups in total. The molecule has 0 aliphatic rings. The number of methoxy groups -OCH3 is 1. The first kappa shape index (κ1) is 14.7. The maximum absolute atomic E-state index is 5.75. The highest BCUT2D eigenvalue weighted by Crippen LogP contribution is 2.30. The standard InChI is InChI=1S/C14H19N3O2S/c1-14(2,3)12-16-13(20-17-12)19-11-6-9(8-15)5-10(7-11)18-4/h5-7H,8,15H2,1-4H3. The van der Waals surface area contributed by atoms with Gasteiger partial charge in [-0.25, -0.2) is 0 Å². The van der Waals surface area contributed by atoms with E-state index in [2.05, 4.69) is 30.1 Å². The van der Waals surface area contributed by atoms with Crippen LogP contribution in [0.4, 0.5) is 0 Å². The van der Waals surface area contributed by atoms with Crippen molar-refractivity contribution in [1.82, 2.24) is 9.36 Å². The highest BCUT2D eigenvalue weighted by molar-refractivity contribution is 7.07. The fraction of sp³-hybridized carbons (Fsp3) is 0.429. The molecule has 0 unspecified atom stereocenters. The summed E-state index contributed by atoms with van der Waals surface area (Å²) in [5, 5.41) is 0.520. The Kier molecular flexibility index (Phi) is 4.25. The zero-order chi connectivity index (χ0) is 14.8. The summed E-state index contributed by atoms with van der Waals surface area (Å²) in [4.78, 5) is 4.40. The van der Waals surface area contributed by atoms with E-state index in [1.54, 1.807) is 13.2 Å². The van der Waals surface area contributed by atoms with Crippen molar-refractivity contribution in [2.24, 2.45) is 5.73 Å². The molecule has 0 aliphatic heterocycles. The Morgan fingerprint density at radius 1 is 1.20 bits per heavy atom. The maximum atomic E-state index is 5.75. The topological polar surface area (TPSA) is 70.3 Å². The molecule has 6 heteroatoms. The van der Waals surface area contributed by atoms with Gasteiger partial charge in [-0.2, -0.15) is 9.36 Å². The largest absolute Gasteiger partial charge is 0.497 e. The van der Waals surface area contributed by atoms with Gasteiger partial charge >= 0.3 is 0 Å². The van der Waals surface area contributed by atoms with Gasteiger partial charge in [-0.3, -0.25) is 0 Å². The van der Waals surface area contributed by atoms with Gasteiger partial charge in [-0.15, -0.1) is 0 Å². The van der Waals surface area contributed by atoms with Crippen molar-refractivity contribution >= 4 is 11.5 Å². The fourth-order valence-corrected chi connectivity index (χ4v) is 2.32. The summed E-state index contributed by atoms with van der Waals surface area (Å²) in [5.41, 5.74) is 6.52. The summed E-state index contributed by atoms with van der Waals surface area (Å²) in [7, 11) is 1.61. The average molecular weight is 293 g/mol. The molecular weight excluding hydrogens is 274 g/mol. The van der Waals surface area contributed by atoms with E-state index in [4.69, 9.17) is 15.2 Å². The fourth-order valence-electron chi connectivity index (χ4n) is 1.58. The summed E-state index contributed by atoms with van der Waals surface area (Å²) < 4.78 is 15.3. The third kappa shape index (κ3) is 3.46. The van der Waals surface area contributed by atoms with Crippen LogP contribution < -0.4 is 15.2 Å². The Hall–Kier alpha value is -1.66. The molecule has 2 aromatic rings. The van der Waals surface area contributed by atoms with Crippen LogP contribution in [0.2, 0.25) is 0 Å². The summed E-state index contributed by atoms with van der Waals surface area (Å²) in [6.45, 7) is 6.63. The molecule has 5 nitrogen and oxygen atoms in total. The number of ether oxygens (including phenoxy) is 2. The lowest BCUT2D eigenvalue weighted by Gasteiger charge is -2.12. The van der Waals surface area contributed by atoms with E-state index in [-0.39, 0.29) is 5.41 Å². The molecule has 2 rings (SSSR count). The molecule has 1 aromatic heterocycles. The lowest BCUT2D eigenvalue weighted by molar-refractivity contribution is 0.407. The molecule has 0 spiro atoms. The number of aromatic nitrogens is 2. The number of benzene rings is 1. The highest BCUT2D eigenvalue weighted by Gasteiger charge is 2.20. The van der Waals surface area contributed by atoms with Crippen LogP contribution in [0.25, 0.3) is 0 Å². The van der Waals surface area contributed by atoms with E-state index in [9.17, 15) is 0 Å². The van der Waals surface area contributed by atoms with Gasteiger partial charge in [-0.1, -0.05) is 20.8 Å². The number of nitrogens with two attached hydrogens (primary N) is 1. The number of hydrogen-bond donors (Lipinski definition) is 1. The lowest BCUT2D eigenvalue weighted by atomic mass is 9.96. The van der Waals surface area contributed by atoms with Crippen molar-refractivity contribution in [1.29, 1.82) is 0 Å². The second-order valence-corrected chi connectivity index (χ2v) is 6.17. The molecule has 108 valence electrons. The maximum Gasteiger partial charge on any atom is 0.298 e. The summed E-state index contributed by atoms with van der Waals surface area (Å²) in [6, 6.07) is 5.56. The quantitative estimate of drug-likeness (QED) is 0.938. The van der Waals surface area contributed by atoms with Gasteiger partial charge in [0.15, 0.2) is 5.82 Å². The second-order valence-electron chi connectivity index (χ2n) is 5.46. The first-order valence-corrected chi connectivity index (χ1v) is 7.10. The molecule has 0 radical (unpaired) electrons. The molecule has 0 saturated carbocycles. The van der Waals surface area contributed by atoms with Crippen molar-refractivity contribution < 1.29 is 9.47 Å². The Labute approximate surface area is 122 Å². The van der Waals surface area contributed by atoms with Crippen LogP contribution in [-0.4, -0.2) is 16.5 Å². The van der Waals surface area contributed by atoms with Gasteiger partial charge in [0.2, 0.25) is 0 Å². The van der Waals surface area contributed by atoms with Gasteiger partial charge in [0.1, 0.15) is 11.5 Å². The van der Waals surface area contributed by atoms with Gasteiger partial charge in [-0.05, 0) is 17.7 Å². The lowest BCUT2D eigenvalue weighted by Crippen LogP contribution is -2.12. The molecule has 1 aromatic carbocycles. The van der Waals surface area contributed by atoms with Crippen molar-refractivity contribution in [3.05, 3.63) is 29.6 Å². The average Bonchev–Trinajstić information content (AvgIpc) is 2.86. The van der Waals surface area contributed by atoms with E-state index in [0.717, 1.165) is 11.4 Å². The minimum absolute atomic E-state index is 0.0884. The van der Waals surface area contributed by atoms with Crippen molar-refractivity contribution in [3.8, 4) is 16.7 Å². The molecular formula is C14H19N3O2S. The third-order valence-electron chi connectivity index (χ3n) is 2.69. The molecule has 0 fully saturated rings. The Balaban J connectivity index is 2.23. The zero-order valence-electron chi connectivity index (χ0n) is 12.1. The van der Waals surface area contributed by atoms with Crippen molar-refractivity contribution in [2.75, 3.05) is 7.11 Å². The van der Waals surface area contributed by atoms with Gasteiger partial charge in [0, 0.05) is 29.6 Å². The summed E-state index contributed by atoms with van der Waals surface area (Å²) >= 11 is 1.24. The number of hydrogen-bond acceptors (Lipinski definition) is 6. The van der Waals surface area contributed by atoms with E-state index < -0.39 is 0 Å². The van der Waals surface area contributed by atoms with Crippen LogP contribution in [0.15, 0.2) is 18.2 Å². The Morgan fingerprint density at radius 3 is 2.45 bits per heavy atom. The number of nitrogens with zero attached hydrogens (tertiary/aromatic N) is 2. The molecule has 0 atom stereocenters. The third-order valence-corrected chi connectivity index (χ3v) is 3.29. The van der Waals surface area contributed by atoms with Crippen molar-refractivity contribution in [2.45, 2.75) is 32.7 Å². The van der Waals surface area contributed by atoms with Crippen LogP contribution in [-0.2, 0) is 12.0 Å². The van der Waals surface area contributed by atoms with Gasteiger partial charge in [0.25, 0.3) is 5.19 Å². The van der Waals surface area contributed by atoms with Crippen LogP contribution in [0.1, 0.15) is 32.2 Å². The Morgan fingerprint density at radius 2 is 1.90 bits per heavy atom. The first-order valence-electron chi connectivity index (χ1n) is 6.32. The predicted octanol–water partition coefficient (Wildman–Crippen LogP) is 3.10. The highest BCUT2D eigenvalue weighted by atomic mass is 32.1. The van der Waals surface area contributed by atoms with E-state index in [1.165, 1.54) is 11.5 Å². The predicted molar refractivity (Wildman–Crippen MR) is 79.6 cm³/mol. The molecule has 0 bridgehead atoms. The molecule has 0 aliphatic carbocycles. The molecule has 0 saturated heterocycles. The minimum atomic E-state index is -0.0884. The normalized spacial score (nSPS) is 11.4. The van der Waals surface area contributed by atoms with Crippen LogP contribution >= 0.6 is 11.5 Å². The summed E-state index contributed by atoms with van der Waals surface area (Å²) in [6.07, 6.45) is 0. The van der Waals surface area contributed by atoms with Gasteiger partial charge in [0.05, 0.1) is 7.11 Å². The molecule has 1 heterocycles. The molecule has 0 amide bonds. The monoisotopic (exact) mass is 293 g/mol. The van der Waals surface area contributed by atoms with Crippen molar-refractivity contribution in [3.63, 3.8) is 0 Å². The smallest absolute Gasteiger partial charge is 0.298 e. The SMILES string of the molecule is COc1cc(CN)cc(Oc2nc(C(C)(C)C)ns2)c1. The minimum Gasteiger partial charge on any atom is -0.497 e. The number of rotatable bonds is 4. The van der Waals surface area contributed by atoms with Crippen LogP contribution in [0.3, 0.4) is 0 Å². The Bertz CT molecular complexity index is 568. The van der Waals surface area contributed by atoms with E-state index in [1.807, 2.05) is 12.1 Å². The van der Waals surface area contributed by atoms with Crippen LogP contribution in [0, 0.1) is 0 Å². The molecule has 20 heavy (non-hydrogen) atoms. The second kappa shape index (κ2) is 5.76. The zero-order valence-corrected chi connectivity index (χ0v) is 13.0. The van der Waals surface area contributed by atoms with Gasteiger partial charge < -0.3 is 15.2 Å². The first-order chi connectivity index (χ1) is 9.42. The summed E-state index contributed by atoms with van der Waals surface area (Å²) in [5.74, 6) is 2.14. The van der Waals surface area contributed by atoms with E-state index >= 15 is 0 Å². The van der Waals surface area contributed by atoms with E-state index in [0.29, 0.717) is 23.2 Å². The van der Waals surface area contributed by atoms with Crippen LogP contribution in [0.5, 0.6) is 16.7 Å².